The molecule has 3 aliphatic heterocycles. The molecule has 0 aromatic rings. The monoisotopic (exact) mass is 477 g/mol. The summed E-state index contributed by atoms with van der Waals surface area (Å²) in [6, 6.07) is 0. The minimum atomic E-state index is -1.15. The van der Waals surface area contributed by atoms with Gasteiger partial charge in [0.15, 0.2) is 5.37 Å². The number of rotatable bonds is 0. The van der Waals surface area contributed by atoms with Gasteiger partial charge in [-0.25, -0.2) is 4.79 Å². The number of nitrogens with zero attached hydrogens (tertiary/aromatic N) is 1. The van der Waals surface area contributed by atoms with Crippen molar-refractivity contribution in [3.63, 3.8) is 0 Å². The number of carbonyl (C=O) groups is 4. The summed E-state index contributed by atoms with van der Waals surface area (Å²) in [7, 11) is 0. The van der Waals surface area contributed by atoms with Gasteiger partial charge in [0.05, 0.1) is 18.6 Å². The van der Waals surface area contributed by atoms with Gasteiger partial charge in [-0.05, 0) is 6.92 Å². The summed E-state index contributed by atoms with van der Waals surface area (Å²) in [5.41, 5.74) is 0.179. The number of hydrogen-bond donors (Lipinski definition) is 4. The molecule has 0 aromatic heterocycles. The molecule has 0 aromatic carbocycles. The van der Waals surface area contributed by atoms with Gasteiger partial charge in [-0.1, -0.05) is 30.4 Å². The first-order valence-electron chi connectivity index (χ1n) is 10.6. The topological polar surface area (TPSA) is 145 Å². The van der Waals surface area contributed by atoms with Gasteiger partial charge in [-0.15, -0.1) is 11.8 Å². The molecule has 0 fully saturated rings. The number of amides is 3. The van der Waals surface area contributed by atoms with Gasteiger partial charge >= 0.3 is 5.97 Å². The summed E-state index contributed by atoms with van der Waals surface area (Å²) >= 11 is 1.05. The number of nitrogens with one attached hydrogen (secondary N) is 2. The summed E-state index contributed by atoms with van der Waals surface area (Å²) in [6.07, 6.45) is 6.58. The Morgan fingerprint density at radius 3 is 2.76 bits per heavy atom. The van der Waals surface area contributed by atoms with Gasteiger partial charge in [-0.3, -0.25) is 14.4 Å². The molecule has 0 saturated carbocycles. The Kier molecular flexibility index (Phi) is 8.48. The molecule has 178 valence electrons. The quantitative estimate of drug-likeness (QED) is 0.353. The van der Waals surface area contributed by atoms with E-state index < -0.39 is 41.5 Å². The molecule has 4 unspecified atom stereocenters. The largest absolute Gasteiger partial charge is 0.460 e. The Morgan fingerprint density at radius 1 is 1.18 bits per heavy atom. The Balaban J connectivity index is 2.03. The van der Waals surface area contributed by atoms with E-state index in [0.29, 0.717) is 12.0 Å². The molecular formula is C22H27N3O7S. The fourth-order valence-electron chi connectivity index (χ4n) is 3.35. The Labute approximate surface area is 195 Å². The number of cyclic esters (lactones) is 1. The molecule has 10 nitrogen and oxygen atoms in total. The molecule has 0 saturated heterocycles. The van der Waals surface area contributed by atoms with Crippen molar-refractivity contribution in [3.8, 4) is 0 Å². The maximum absolute atomic E-state index is 13.3. The maximum Gasteiger partial charge on any atom is 0.339 e. The SMILES string of the molecule is CC1C/C=C2\CSC(NC(=O)/C3=C\N(C/C=C/C=C/C(O)CC(O)CC(=O)N3)C2=O)C(=O)O1. The lowest BCUT2D eigenvalue weighted by Gasteiger charge is -2.24. The Morgan fingerprint density at radius 2 is 1.97 bits per heavy atom. The first-order chi connectivity index (χ1) is 15.7. The number of esters is 1. The predicted octanol–water partition coefficient (Wildman–Crippen LogP) is -0.148. The molecule has 0 radical (unpaired) electrons. The highest BCUT2D eigenvalue weighted by molar-refractivity contribution is 8.00. The second-order valence-electron chi connectivity index (χ2n) is 7.90. The van der Waals surface area contributed by atoms with Gasteiger partial charge in [0.25, 0.3) is 11.8 Å². The van der Waals surface area contributed by atoms with E-state index in [1.54, 1.807) is 31.2 Å². The fraction of sp³-hybridized carbons (Fsp3) is 0.455. The minimum Gasteiger partial charge on any atom is -0.460 e. The third-order valence-electron chi connectivity index (χ3n) is 5.05. The summed E-state index contributed by atoms with van der Waals surface area (Å²) in [5, 5.41) is 24.0. The first-order valence-corrected chi connectivity index (χ1v) is 11.6. The number of carbonyl (C=O) groups excluding carboxylic acids is 4. The van der Waals surface area contributed by atoms with E-state index in [1.165, 1.54) is 17.2 Å². The Bertz CT molecular complexity index is 927. The number of aliphatic hydroxyl groups excluding tert-OH is 2. The van der Waals surface area contributed by atoms with Crippen molar-refractivity contribution in [2.75, 3.05) is 12.3 Å². The third kappa shape index (κ3) is 7.04. The molecule has 4 bridgehead atoms. The summed E-state index contributed by atoms with van der Waals surface area (Å²) < 4.78 is 5.36. The van der Waals surface area contributed by atoms with Crippen LogP contribution in [-0.2, 0) is 23.9 Å². The molecule has 33 heavy (non-hydrogen) atoms. The summed E-state index contributed by atoms with van der Waals surface area (Å²) in [6.45, 7) is 1.79. The predicted molar refractivity (Wildman–Crippen MR) is 120 cm³/mol. The van der Waals surface area contributed by atoms with Gasteiger partial charge in [0.2, 0.25) is 5.91 Å². The van der Waals surface area contributed by atoms with Crippen LogP contribution in [0.4, 0.5) is 0 Å². The van der Waals surface area contributed by atoms with Crippen LogP contribution in [0.2, 0.25) is 0 Å². The average Bonchev–Trinajstić information content (AvgIpc) is 2.80. The van der Waals surface area contributed by atoms with Crippen molar-refractivity contribution in [2.24, 2.45) is 0 Å². The van der Waals surface area contributed by atoms with E-state index >= 15 is 0 Å². The number of hydrogen-bond acceptors (Lipinski definition) is 8. The normalized spacial score (nSPS) is 35.1. The number of allylic oxidation sites excluding steroid dienone is 2. The van der Waals surface area contributed by atoms with Gasteiger partial charge in [0, 0.05) is 36.9 Å². The van der Waals surface area contributed by atoms with E-state index in [1.807, 2.05) is 0 Å². The van der Waals surface area contributed by atoms with Crippen LogP contribution in [0.3, 0.4) is 0 Å². The van der Waals surface area contributed by atoms with Crippen LogP contribution in [0.5, 0.6) is 0 Å². The van der Waals surface area contributed by atoms with E-state index in [9.17, 15) is 29.4 Å². The standard InChI is InChI=1S/C22H27N3O7S/c1-13-6-7-14-12-33-20(22(31)32-13)24-19(29)17-11-25(21(14)30)8-4-2-3-5-15(26)9-16(27)10-18(28)23-17/h2-5,7,11,13,15-16,20,26-27H,6,8-10,12H2,1H3,(H,23,28)(H,24,29)/b4-2+,5-3+,14-7+,17-11+. The summed E-state index contributed by atoms with van der Waals surface area (Å²) in [5.74, 6) is -2.31. The van der Waals surface area contributed by atoms with Crippen molar-refractivity contribution in [1.82, 2.24) is 15.5 Å². The van der Waals surface area contributed by atoms with Crippen LogP contribution >= 0.6 is 11.8 Å². The zero-order valence-corrected chi connectivity index (χ0v) is 18.9. The van der Waals surface area contributed by atoms with Crippen molar-refractivity contribution in [2.45, 2.75) is 49.9 Å². The molecule has 4 N–H and O–H groups in total. The summed E-state index contributed by atoms with van der Waals surface area (Å²) in [4.78, 5) is 52.6. The number of fused-ring (bicyclic) bond motifs is 4. The van der Waals surface area contributed by atoms with E-state index in [2.05, 4.69) is 10.6 Å². The molecule has 3 amide bonds. The third-order valence-corrected chi connectivity index (χ3v) is 6.17. The number of ether oxygens (including phenoxy) is 1. The second kappa shape index (κ2) is 11.3. The number of aliphatic hydroxyl groups is 2. The lowest BCUT2D eigenvalue weighted by molar-refractivity contribution is -0.149. The molecule has 0 aliphatic carbocycles. The lowest BCUT2D eigenvalue weighted by Crippen LogP contribution is -2.46. The first kappa shape index (κ1) is 24.7. The maximum atomic E-state index is 13.3. The van der Waals surface area contributed by atoms with Crippen LogP contribution in [0, 0.1) is 0 Å². The fourth-order valence-corrected chi connectivity index (χ4v) is 4.32. The molecule has 3 aliphatic rings. The van der Waals surface area contributed by atoms with E-state index in [4.69, 9.17) is 4.74 Å². The van der Waals surface area contributed by atoms with Crippen molar-refractivity contribution in [1.29, 1.82) is 0 Å². The van der Waals surface area contributed by atoms with Crippen molar-refractivity contribution in [3.05, 3.63) is 47.9 Å². The molecular weight excluding hydrogens is 450 g/mol. The van der Waals surface area contributed by atoms with Crippen LogP contribution in [0.25, 0.3) is 0 Å². The molecule has 11 heteroatoms. The van der Waals surface area contributed by atoms with Crippen LogP contribution < -0.4 is 10.6 Å². The van der Waals surface area contributed by atoms with Gasteiger partial charge < -0.3 is 30.5 Å². The molecule has 3 heterocycles. The van der Waals surface area contributed by atoms with Crippen molar-refractivity contribution < 1.29 is 34.1 Å². The minimum absolute atomic E-state index is 0.0650. The van der Waals surface area contributed by atoms with E-state index in [0.717, 1.165) is 11.8 Å². The van der Waals surface area contributed by atoms with Crippen LogP contribution in [-0.4, -0.2) is 74.8 Å². The van der Waals surface area contributed by atoms with E-state index in [-0.39, 0.29) is 36.7 Å². The highest BCUT2D eigenvalue weighted by atomic mass is 32.2. The Hall–Kier alpha value is -2.89. The molecule has 3 rings (SSSR count). The molecule has 4 atom stereocenters. The lowest BCUT2D eigenvalue weighted by atomic mass is 10.1. The highest BCUT2D eigenvalue weighted by Gasteiger charge is 2.31. The molecule has 0 spiro atoms. The average molecular weight is 478 g/mol. The number of thioether (sulfide) groups is 1. The smallest absolute Gasteiger partial charge is 0.339 e. The zero-order chi connectivity index (χ0) is 24.0. The highest BCUT2D eigenvalue weighted by Crippen LogP contribution is 2.23. The second-order valence-corrected chi connectivity index (χ2v) is 8.99. The van der Waals surface area contributed by atoms with Crippen LogP contribution in [0.1, 0.15) is 26.2 Å². The van der Waals surface area contributed by atoms with Crippen molar-refractivity contribution >= 4 is 35.5 Å². The zero-order valence-electron chi connectivity index (χ0n) is 18.1. The van der Waals surface area contributed by atoms with Gasteiger partial charge in [0.1, 0.15) is 11.8 Å². The van der Waals surface area contributed by atoms with Crippen LogP contribution in [0.15, 0.2) is 47.9 Å². The van der Waals surface area contributed by atoms with Gasteiger partial charge in [-0.2, -0.15) is 0 Å².